The van der Waals surface area contributed by atoms with Crippen LogP contribution in [0, 0.1) is 5.92 Å². The first-order valence-corrected chi connectivity index (χ1v) is 6.56. The summed E-state index contributed by atoms with van der Waals surface area (Å²) in [6.07, 6.45) is 7.35. The number of carbonyl (C=O) groups excluding carboxylic acids is 1. The van der Waals surface area contributed by atoms with Crippen LogP contribution in [-0.4, -0.2) is 17.6 Å². The molecule has 18 heavy (non-hydrogen) atoms. The quantitative estimate of drug-likeness (QED) is 0.480. The second kappa shape index (κ2) is 6.21. The zero-order chi connectivity index (χ0) is 13.0. The lowest BCUT2D eigenvalue weighted by molar-refractivity contribution is 0.0432. The van der Waals surface area contributed by atoms with Gasteiger partial charge >= 0.3 is 5.97 Å². The molecule has 0 N–H and O–H groups in total. The Bertz CT molecular complexity index is 454. The molecule has 1 aliphatic carbocycles. The van der Waals surface area contributed by atoms with E-state index in [4.69, 9.17) is 27.9 Å². The number of esters is 1. The summed E-state index contributed by atoms with van der Waals surface area (Å²) in [6, 6.07) is 2.91. The fourth-order valence-corrected chi connectivity index (χ4v) is 2.33. The van der Waals surface area contributed by atoms with E-state index < -0.39 is 5.97 Å². The van der Waals surface area contributed by atoms with E-state index in [2.05, 4.69) is 17.1 Å². The highest BCUT2D eigenvalue weighted by Crippen LogP contribution is 2.20. The van der Waals surface area contributed by atoms with Crippen molar-refractivity contribution in [1.29, 1.82) is 0 Å². The minimum absolute atomic E-state index is 0.190. The number of hydrogen-bond donors (Lipinski definition) is 0. The third-order valence-corrected chi connectivity index (χ3v) is 3.21. The zero-order valence-electron chi connectivity index (χ0n) is 9.73. The fourth-order valence-electron chi connectivity index (χ4n) is 1.87. The molecule has 1 aromatic rings. The molecule has 1 atom stereocenters. The normalized spacial score (nSPS) is 18.7. The molecule has 5 heteroatoms. The number of allylic oxidation sites excluding steroid dienone is 2. The van der Waals surface area contributed by atoms with Crippen molar-refractivity contribution in [3.8, 4) is 0 Å². The van der Waals surface area contributed by atoms with Crippen molar-refractivity contribution in [2.45, 2.75) is 19.3 Å². The highest BCUT2D eigenvalue weighted by molar-refractivity contribution is 6.32. The third kappa shape index (κ3) is 3.72. The van der Waals surface area contributed by atoms with Crippen LogP contribution >= 0.6 is 23.2 Å². The van der Waals surface area contributed by atoms with Gasteiger partial charge in [-0.05, 0) is 37.3 Å². The Hall–Kier alpha value is -1.06. The summed E-state index contributed by atoms with van der Waals surface area (Å²) in [5.41, 5.74) is 0.339. The van der Waals surface area contributed by atoms with Gasteiger partial charge in [-0.25, -0.2) is 9.78 Å². The summed E-state index contributed by atoms with van der Waals surface area (Å²) in [4.78, 5) is 15.6. The maximum Gasteiger partial charge on any atom is 0.338 e. The van der Waals surface area contributed by atoms with Gasteiger partial charge in [-0.1, -0.05) is 35.4 Å². The molecular formula is C13H13Cl2NO2. The van der Waals surface area contributed by atoms with Crippen molar-refractivity contribution in [1.82, 2.24) is 4.98 Å². The molecule has 0 aromatic carbocycles. The van der Waals surface area contributed by atoms with Crippen LogP contribution in [0.5, 0.6) is 0 Å². The molecule has 0 radical (unpaired) electrons. The lowest BCUT2D eigenvalue weighted by atomic mass is 9.95. The summed E-state index contributed by atoms with van der Waals surface area (Å²) in [6.45, 7) is 0.431. The second-order valence-corrected chi connectivity index (χ2v) is 5.02. The van der Waals surface area contributed by atoms with Gasteiger partial charge in [0.25, 0.3) is 0 Å². The number of hydrogen-bond acceptors (Lipinski definition) is 3. The lowest BCUT2D eigenvalue weighted by Crippen LogP contribution is -2.15. The molecule has 96 valence electrons. The Balaban J connectivity index is 1.92. The van der Waals surface area contributed by atoms with Crippen LogP contribution in [0.25, 0.3) is 0 Å². The largest absolute Gasteiger partial charge is 0.462 e. The number of ether oxygens (including phenoxy) is 1. The number of halogens is 2. The molecule has 0 spiro atoms. The Morgan fingerprint density at radius 3 is 2.67 bits per heavy atom. The summed E-state index contributed by atoms with van der Waals surface area (Å²) in [5.74, 6) is 0.00230. The Morgan fingerprint density at radius 1 is 1.33 bits per heavy atom. The molecule has 0 saturated heterocycles. The van der Waals surface area contributed by atoms with Crippen molar-refractivity contribution < 1.29 is 9.53 Å². The van der Waals surface area contributed by atoms with Crippen LogP contribution in [0.4, 0.5) is 0 Å². The molecule has 0 saturated carbocycles. The molecule has 1 unspecified atom stereocenters. The minimum atomic E-state index is -0.407. The Morgan fingerprint density at radius 2 is 2.06 bits per heavy atom. The summed E-state index contributed by atoms with van der Waals surface area (Å²) >= 11 is 11.5. The van der Waals surface area contributed by atoms with Gasteiger partial charge in [0.1, 0.15) is 10.3 Å². The van der Waals surface area contributed by atoms with Gasteiger partial charge in [-0.3, -0.25) is 0 Å². The molecule has 1 aliphatic rings. The lowest BCUT2D eigenvalue weighted by Gasteiger charge is -2.17. The van der Waals surface area contributed by atoms with Crippen LogP contribution in [-0.2, 0) is 4.74 Å². The number of aromatic nitrogens is 1. The average Bonchev–Trinajstić information content (AvgIpc) is 2.36. The molecule has 0 aliphatic heterocycles. The standard InChI is InChI=1S/C13H13Cl2NO2/c14-11-6-10(7-12(15)16-11)13(17)18-8-9-4-2-1-3-5-9/h1-2,6-7,9H,3-5,8H2. The molecule has 0 bridgehead atoms. The number of nitrogens with zero attached hydrogens (tertiary/aromatic N) is 1. The van der Waals surface area contributed by atoms with Crippen molar-refractivity contribution in [2.75, 3.05) is 6.61 Å². The van der Waals surface area contributed by atoms with E-state index in [1.165, 1.54) is 12.1 Å². The Labute approximate surface area is 116 Å². The van der Waals surface area contributed by atoms with Crippen LogP contribution < -0.4 is 0 Å². The highest BCUT2D eigenvalue weighted by Gasteiger charge is 2.15. The maximum absolute atomic E-state index is 11.8. The average molecular weight is 286 g/mol. The van der Waals surface area contributed by atoms with Crippen molar-refractivity contribution in [2.24, 2.45) is 5.92 Å². The van der Waals surface area contributed by atoms with Crippen LogP contribution in [0.3, 0.4) is 0 Å². The number of rotatable bonds is 3. The summed E-state index contributed by atoms with van der Waals surface area (Å²) in [5, 5.41) is 0.380. The highest BCUT2D eigenvalue weighted by atomic mass is 35.5. The molecule has 2 rings (SSSR count). The first-order chi connectivity index (χ1) is 8.65. The fraction of sp³-hybridized carbons (Fsp3) is 0.385. The third-order valence-electron chi connectivity index (χ3n) is 2.83. The van der Waals surface area contributed by atoms with Crippen molar-refractivity contribution in [3.63, 3.8) is 0 Å². The van der Waals surface area contributed by atoms with E-state index >= 15 is 0 Å². The monoisotopic (exact) mass is 285 g/mol. The van der Waals surface area contributed by atoms with Gasteiger partial charge in [-0.15, -0.1) is 0 Å². The van der Waals surface area contributed by atoms with E-state index in [0.29, 0.717) is 18.1 Å². The van der Waals surface area contributed by atoms with E-state index in [-0.39, 0.29) is 10.3 Å². The SMILES string of the molecule is O=C(OCC1CC=CCC1)c1cc(Cl)nc(Cl)c1. The summed E-state index contributed by atoms with van der Waals surface area (Å²) < 4.78 is 5.26. The van der Waals surface area contributed by atoms with E-state index in [1.807, 2.05) is 0 Å². The molecular weight excluding hydrogens is 273 g/mol. The predicted molar refractivity (Wildman–Crippen MR) is 71.0 cm³/mol. The van der Waals surface area contributed by atoms with Crippen LogP contribution in [0.15, 0.2) is 24.3 Å². The molecule has 1 heterocycles. The topological polar surface area (TPSA) is 39.2 Å². The smallest absolute Gasteiger partial charge is 0.338 e. The van der Waals surface area contributed by atoms with Gasteiger partial charge in [0.2, 0.25) is 0 Å². The van der Waals surface area contributed by atoms with Crippen LogP contribution in [0.1, 0.15) is 29.6 Å². The maximum atomic E-state index is 11.8. The van der Waals surface area contributed by atoms with Gasteiger partial charge in [-0.2, -0.15) is 0 Å². The zero-order valence-corrected chi connectivity index (χ0v) is 11.2. The van der Waals surface area contributed by atoms with Gasteiger partial charge in [0.15, 0.2) is 0 Å². The summed E-state index contributed by atoms with van der Waals surface area (Å²) in [7, 11) is 0. The Kier molecular flexibility index (Phi) is 4.61. The molecule has 1 aromatic heterocycles. The van der Waals surface area contributed by atoms with E-state index in [0.717, 1.165) is 19.3 Å². The number of carbonyl (C=O) groups is 1. The predicted octanol–water partition coefficient (Wildman–Crippen LogP) is 3.90. The van der Waals surface area contributed by atoms with E-state index in [9.17, 15) is 4.79 Å². The molecule has 0 amide bonds. The van der Waals surface area contributed by atoms with Crippen molar-refractivity contribution in [3.05, 3.63) is 40.2 Å². The number of pyridine rings is 1. The van der Waals surface area contributed by atoms with Gasteiger partial charge in [0.05, 0.1) is 12.2 Å². The first kappa shape index (κ1) is 13.4. The van der Waals surface area contributed by atoms with Crippen LogP contribution in [0.2, 0.25) is 10.3 Å². The molecule has 0 fully saturated rings. The van der Waals surface area contributed by atoms with Crippen molar-refractivity contribution >= 4 is 29.2 Å². The first-order valence-electron chi connectivity index (χ1n) is 5.80. The van der Waals surface area contributed by atoms with Gasteiger partial charge < -0.3 is 4.74 Å². The second-order valence-electron chi connectivity index (χ2n) is 4.25. The molecule has 3 nitrogen and oxygen atoms in total. The van der Waals surface area contributed by atoms with E-state index in [1.54, 1.807) is 0 Å². The minimum Gasteiger partial charge on any atom is -0.462 e. The van der Waals surface area contributed by atoms with Gasteiger partial charge in [0, 0.05) is 0 Å².